The number of unbranched alkanes of at least 4 members (excludes halogenated alkanes) is 3. The van der Waals surface area contributed by atoms with Gasteiger partial charge in [0.2, 0.25) is 0 Å². The summed E-state index contributed by atoms with van der Waals surface area (Å²) in [7, 11) is 0. The predicted molar refractivity (Wildman–Crippen MR) is 71.4 cm³/mol. The second kappa shape index (κ2) is 9.86. The van der Waals surface area contributed by atoms with Crippen molar-refractivity contribution in [3.05, 3.63) is 0 Å². The molecule has 0 bridgehead atoms. The summed E-state index contributed by atoms with van der Waals surface area (Å²) in [5.74, 6) is 0. The van der Waals surface area contributed by atoms with E-state index in [1.807, 2.05) is 0 Å². The van der Waals surface area contributed by atoms with E-state index in [0.717, 1.165) is 32.8 Å². The van der Waals surface area contributed by atoms with Crippen molar-refractivity contribution in [2.75, 3.05) is 26.4 Å². The SMILES string of the molecule is CCCCCCOC1COCCC1NCCC. The molecule has 0 aromatic carbocycles. The standard InChI is InChI=1S/C14H29NO2/c1-3-5-6-7-10-17-14-12-16-11-8-13(14)15-9-4-2/h13-15H,3-12H2,1-2H3. The minimum Gasteiger partial charge on any atom is -0.379 e. The van der Waals surface area contributed by atoms with E-state index in [0.29, 0.717) is 6.04 Å². The van der Waals surface area contributed by atoms with Crippen LogP contribution < -0.4 is 5.32 Å². The van der Waals surface area contributed by atoms with Crippen LogP contribution in [0.25, 0.3) is 0 Å². The number of hydrogen-bond acceptors (Lipinski definition) is 3. The van der Waals surface area contributed by atoms with Crippen molar-refractivity contribution in [3.8, 4) is 0 Å². The Morgan fingerprint density at radius 1 is 1.18 bits per heavy atom. The van der Waals surface area contributed by atoms with Gasteiger partial charge in [-0.1, -0.05) is 33.1 Å². The summed E-state index contributed by atoms with van der Waals surface area (Å²) in [4.78, 5) is 0. The zero-order valence-electron chi connectivity index (χ0n) is 11.5. The zero-order valence-corrected chi connectivity index (χ0v) is 11.5. The summed E-state index contributed by atoms with van der Waals surface area (Å²) in [5, 5.41) is 3.57. The molecule has 1 N–H and O–H groups in total. The van der Waals surface area contributed by atoms with Gasteiger partial charge in [0, 0.05) is 19.3 Å². The van der Waals surface area contributed by atoms with Gasteiger partial charge in [-0.3, -0.25) is 0 Å². The van der Waals surface area contributed by atoms with E-state index in [-0.39, 0.29) is 6.10 Å². The summed E-state index contributed by atoms with van der Waals surface area (Å²) in [5.41, 5.74) is 0. The fraction of sp³-hybridized carbons (Fsp3) is 1.00. The average Bonchev–Trinajstić information content (AvgIpc) is 2.37. The Hall–Kier alpha value is -0.120. The van der Waals surface area contributed by atoms with Crippen LogP contribution in [0.1, 0.15) is 52.4 Å². The summed E-state index contributed by atoms with van der Waals surface area (Å²) in [6.45, 7) is 8.04. The Morgan fingerprint density at radius 3 is 2.82 bits per heavy atom. The van der Waals surface area contributed by atoms with E-state index in [4.69, 9.17) is 9.47 Å². The predicted octanol–water partition coefficient (Wildman–Crippen LogP) is 2.74. The highest BCUT2D eigenvalue weighted by atomic mass is 16.5. The summed E-state index contributed by atoms with van der Waals surface area (Å²) >= 11 is 0. The van der Waals surface area contributed by atoms with Gasteiger partial charge in [-0.2, -0.15) is 0 Å². The normalized spacial score (nSPS) is 25.1. The van der Waals surface area contributed by atoms with E-state index in [1.165, 1.54) is 32.1 Å². The largest absolute Gasteiger partial charge is 0.379 e. The van der Waals surface area contributed by atoms with Crippen LogP contribution in [0.15, 0.2) is 0 Å². The first-order valence-electron chi connectivity index (χ1n) is 7.31. The molecule has 2 unspecified atom stereocenters. The molecule has 2 atom stereocenters. The molecule has 3 heteroatoms. The first kappa shape index (κ1) is 14.9. The van der Waals surface area contributed by atoms with Crippen LogP contribution in [0.4, 0.5) is 0 Å². The Kier molecular flexibility index (Phi) is 8.67. The summed E-state index contributed by atoms with van der Waals surface area (Å²) < 4.78 is 11.5. The van der Waals surface area contributed by atoms with Crippen LogP contribution in [0.2, 0.25) is 0 Å². The van der Waals surface area contributed by atoms with Crippen molar-refractivity contribution in [1.82, 2.24) is 5.32 Å². The molecule has 102 valence electrons. The molecule has 0 radical (unpaired) electrons. The Balaban J connectivity index is 2.13. The lowest BCUT2D eigenvalue weighted by molar-refractivity contribution is -0.0694. The molecule has 1 rings (SSSR count). The second-order valence-electron chi connectivity index (χ2n) is 4.89. The quantitative estimate of drug-likeness (QED) is 0.632. The number of rotatable bonds is 9. The molecule has 17 heavy (non-hydrogen) atoms. The van der Waals surface area contributed by atoms with Crippen molar-refractivity contribution in [1.29, 1.82) is 0 Å². The highest BCUT2D eigenvalue weighted by molar-refractivity contribution is 4.80. The minimum atomic E-state index is 0.261. The monoisotopic (exact) mass is 243 g/mol. The zero-order chi connectivity index (χ0) is 12.3. The van der Waals surface area contributed by atoms with Crippen LogP contribution >= 0.6 is 0 Å². The van der Waals surface area contributed by atoms with Gasteiger partial charge in [0.05, 0.1) is 12.7 Å². The lowest BCUT2D eigenvalue weighted by Crippen LogP contribution is -2.48. The Bertz CT molecular complexity index is 176. The van der Waals surface area contributed by atoms with Gasteiger partial charge in [-0.25, -0.2) is 0 Å². The molecule has 1 fully saturated rings. The molecule has 1 saturated heterocycles. The molecule has 0 aliphatic carbocycles. The van der Waals surface area contributed by atoms with E-state index in [9.17, 15) is 0 Å². The molecule has 1 heterocycles. The maximum absolute atomic E-state index is 5.95. The molecule has 0 aromatic rings. The van der Waals surface area contributed by atoms with Gasteiger partial charge in [0.1, 0.15) is 0 Å². The fourth-order valence-electron chi connectivity index (χ4n) is 2.20. The van der Waals surface area contributed by atoms with E-state index in [1.54, 1.807) is 0 Å². The molecule has 0 spiro atoms. The maximum Gasteiger partial charge on any atom is 0.0961 e. The van der Waals surface area contributed by atoms with Crippen molar-refractivity contribution >= 4 is 0 Å². The van der Waals surface area contributed by atoms with Crippen LogP contribution in [0, 0.1) is 0 Å². The van der Waals surface area contributed by atoms with Gasteiger partial charge in [-0.05, 0) is 25.8 Å². The first-order valence-corrected chi connectivity index (χ1v) is 7.31. The fourth-order valence-corrected chi connectivity index (χ4v) is 2.20. The van der Waals surface area contributed by atoms with Gasteiger partial charge >= 0.3 is 0 Å². The highest BCUT2D eigenvalue weighted by Crippen LogP contribution is 2.12. The van der Waals surface area contributed by atoms with E-state index in [2.05, 4.69) is 19.2 Å². The summed E-state index contributed by atoms with van der Waals surface area (Å²) in [6.07, 6.45) is 7.61. The van der Waals surface area contributed by atoms with E-state index >= 15 is 0 Å². The molecule has 0 amide bonds. The average molecular weight is 243 g/mol. The lowest BCUT2D eigenvalue weighted by Gasteiger charge is -2.32. The topological polar surface area (TPSA) is 30.5 Å². The number of nitrogens with one attached hydrogen (secondary N) is 1. The van der Waals surface area contributed by atoms with Crippen LogP contribution in [0.3, 0.4) is 0 Å². The molecule has 1 aliphatic rings. The van der Waals surface area contributed by atoms with E-state index < -0.39 is 0 Å². The second-order valence-corrected chi connectivity index (χ2v) is 4.89. The Labute approximate surface area is 106 Å². The van der Waals surface area contributed by atoms with Gasteiger partial charge < -0.3 is 14.8 Å². The molecular formula is C14H29NO2. The third kappa shape index (κ3) is 6.39. The van der Waals surface area contributed by atoms with Gasteiger partial charge in [-0.15, -0.1) is 0 Å². The lowest BCUT2D eigenvalue weighted by atomic mass is 10.1. The minimum absolute atomic E-state index is 0.261. The molecule has 0 saturated carbocycles. The smallest absolute Gasteiger partial charge is 0.0961 e. The highest BCUT2D eigenvalue weighted by Gasteiger charge is 2.25. The molecule has 0 aromatic heterocycles. The van der Waals surface area contributed by atoms with Crippen LogP contribution in [-0.2, 0) is 9.47 Å². The van der Waals surface area contributed by atoms with Gasteiger partial charge in [0.25, 0.3) is 0 Å². The van der Waals surface area contributed by atoms with Gasteiger partial charge in [0.15, 0.2) is 0 Å². The number of hydrogen-bond donors (Lipinski definition) is 1. The summed E-state index contributed by atoms with van der Waals surface area (Å²) in [6, 6.07) is 0.495. The van der Waals surface area contributed by atoms with Crippen molar-refractivity contribution in [2.45, 2.75) is 64.5 Å². The first-order chi connectivity index (χ1) is 8.38. The Morgan fingerprint density at radius 2 is 2.06 bits per heavy atom. The van der Waals surface area contributed by atoms with Crippen LogP contribution in [0.5, 0.6) is 0 Å². The third-order valence-electron chi connectivity index (χ3n) is 3.29. The molecule has 1 aliphatic heterocycles. The van der Waals surface area contributed by atoms with Crippen molar-refractivity contribution in [3.63, 3.8) is 0 Å². The molecule has 3 nitrogen and oxygen atoms in total. The third-order valence-corrected chi connectivity index (χ3v) is 3.29. The maximum atomic E-state index is 5.95. The van der Waals surface area contributed by atoms with Crippen molar-refractivity contribution in [2.24, 2.45) is 0 Å². The van der Waals surface area contributed by atoms with Crippen molar-refractivity contribution < 1.29 is 9.47 Å². The molecular weight excluding hydrogens is 214 g/mol. The number of ether oxygens (including phenoxy) is 2. The van der Waals surface area contributed by atoms with Crippen LogP contribution in [-0.4, -0.2) is 38.5 Å².